The van der Waals surface area contributed by atoms with E-state index in [-0.39, 0.29) is 48.5 Å². The zero-order valence-corrected chi connectivity index (χ0v) is 24.8. The van der Waals surface area contributed by atoms with Gasteiger partial charge in [0.25, 0.3) is 5.69 Å². The molecule has 232 valence electrons. The van der Waals surface area contributed by atoms with E-state index < -0.39 is 47.0 Å². The van der Waals surface area contributed by atoms with Crippen LogP contribution in [0.5, 0.6) is 0 Å². The second-order valence-corrected chi connectivity index (χ2v) is 12.8. The third-order valence-corrected chi connectivity index (χ3v) is 9.84. The van der Waals surface area contributed by atoms with E-state index in [0.717, 1.165) is 13.0 Å². The number of nitro groups is 1. The first-order valence-electron chi connectivity index (χ1n) is 14.2. The molecule has 5 rings (SSSR count). The lowest BCUT2D eigenvalue weighted by Gasteiger charge is -2.44. The second-order valence-electron chi connectivity index (χ2n) is 11.4. The van der Waals surface area contributed by atoms with E-state index in [4.69, 9.17) is 4.74 Å². The standard InChI is InChI=1S/C28H35N5O9S/c1-16(34)23-20-13-22(24(27(37)38)32(20)26(23)36)43-19-12-21(25(35)30-9-3-8-29(2)10-11-30)31(14-19)28(39)42-15-17-4-6-18(7-5-17)33(40)41/h4-7,16,19-21,23,34H,3,8-15H2,1-2H3,(H,37,38)/t16-,19+,20-,21+,23-/m1/s1. The summed E-state index contributed by atoms with van der Waals surface area (Å²) in [6.45, 7) is 4.12. The average molecular weight is 618 g/mol. The van der Waals surface area contributed by atoms with Crippen molar-refractivity contribution in [3.63, 3.8) is 0 Å². The number of carbonyl (C=O) groups is 4. The molecule has 0 bridgehead atoms. The normalized spacial score (nSPS) is 26.6. The van der Waals surface area contributed by atoms with Crippen molar-refractivity contribution < 1.29 is 39.1 Å². The number of benzene rings is 1. The first-order chi connectivity index (χ1) is 20.5. The minimum absolute atomic E-state index is 0.0866. The zero-order valence-electron chi connectivity index (χ0n) is 24.0. The number of carbonyl (C=O) groups excluding carboxylic acids is 3. The number of β-lactam (4-membered cyclic amide) rings is 1. The summed E-state index contributed by atoms with van der Waals surface area (Å²) in [5.74, 6) is -2.52. The molecule has 5 atom stereocenters. The highest BCUT2D eigenvalue weighted by Gasteiger charge is 2.57. The minimum atomic E-state index is -1.24. The fourth-order valence-corrected chi connectivity index (χ4v) is 7.76. The maximum atomic E-state index is 13.8. The first-order valence-corrected chi connectivity index (χ1v) is 15.1. The quantitative estimate of drug-likeness (QED) is 0.246. The number of carboxylic acid groups (broad SMARTS) is 1. The number of thioether (sulfide) groups is 1. The largest absolute Gasteiger partial charge is 0.477 e. The molecule has 3 amide bonds. The number of aliphatic hydroxyl groups excluding tert-OH is 1. The predicted molar refractivity (Wildman–Crippen MR) is 154 cm³/mol. The Balaban J connectivity index is 1.33. The van der Waals surface area contributed by atoms with Crippen molar-refractivity contribution in [1.29, 1.82) is 0 Å². The lowest BCUT2D eigenvalue weighted by atomic mass is 9.83. The predicted octanol–water partition coefficient (Wildman–Crippen LogP) is 1.48. The maximum Gasteiger partial charge on any atom is 0.410 e. The summed E-state index contributed by atoms with van der Waals surface area (Å²) in [6, 6.07) is 4.38. The van der Waals surface area contributed by atoms with Crippen LogP contribution < -0.4 is 0 Å². The number of aliphatic carboxylic acids is 1. The monoisotopic (exact) mass is 617 g/mol. The zero-order chi connectivity index (χ0) is 31.0. The van der Waals surface area contributed by atoms with Crippen molar-refractivity contribution in [2.45, 2.75) is 56.2 Å². The van der Waals surface area contributed by atoms with E-state index in [9.17, 15) is 39.5 Å². The van der Waals surface area contributed by atoms with Crippen LogP contribution in [0.2, 0.25) is 0 Å². The summed E-state index contributed by atoms with van der Waals surface area (Å²) in [5.41, 5.74) is 0.359. The highest BCUT2D eigenvalue weighted by atomic mass is 32.2. The molecule has 2 N–H and O–H groups in total. The van der Waals surface area contributed by atoms with Crippen LogP contribution in [-0.2, 0) is 25.7 Å². The summed E-state index contributed by atoms with van der Waals surface area (Å²) in [6.07, 6.45) is -0.264. The number of likely N-dealkylation sites (tertiary alicyclic amines) is 1. The van der Waals surface area contributed by atoms with E-state index >= 15 is 0 Å². The van der Waals surface area contributed by atoms with Crippen molar-refractivity contribution in [3.05, 3.63) is 50.5 Å². The van der Waals surface area contributed by atoms with Crippen LogP contribution in [-0.4, -0.2) is 122 Å². The number of hydrogen-bond acceptors (Lipinski definition) is 10. The number of likely N-dealkylation sites (N-methyl/N-ethyl adjacent to an activating group) is 1. The van der Waals surface area contributed by atoms with Gasteiger partial charge in [-0.1, -0.05) is 0 Å². The highest BCUT2D eigenvalue weighted by molar-refractivity contribution is 8.03. The molecule has 0 spiro atoms. The Morgan fingerprint density at radius 3 is 2.53 bits per heavy atom. The number of nitrogens with zero attached hydrogens (tertiary/aromatic N) is 5. The molecule has 43 heavy (non-hydrogen) atoms. The molecule has 15 heteroatoms. The Morgan fingerprint density at radius 1 is 1.16 bits per heavy atom. The van der Waals surface area contributed by atoms with Crippen molar-refractivity contribution >= 4 is 41.3 Å². The van der Waals surface area contributed by atoms with E-state index in [2.05, 4.69) is 4.90 Å². The molecule has 3 saturated heterocycles. The van der Waals surface area contributed by atoms with Crippen LogP contribution in [0.1, 0.15) is 31.7 Å². The summed E-state index contributed by atoms with van der Waals surface area (Å²) >= 11 is 1.26. The molecule has 0 unspecified atom stereocenters. The van der Waals surface area contributed by atoms with Crippen LogP contribution in [0.4, 0.5) is 10.5 Å². The Labute approximate surface area is 252 Å². The van der Waals surface area contributed by atoms with Crippen LogP contribution in [0.15, 0.2) is 34.9 Å². The lowest BCUT2D eigenvalue weighted by Crippen LogP contribution is -2.61. The summed E-state index contributed by atoms with van der Waals surface area (Å²) in [4.78, 5) is 69.4. The van der Waals surface area contributed by atoms with Gasteiger partial charge in [0, 0.05) is 54.9 Å². The highest BCUT2D eigenvalue weighted by Crippen LogP contribution is 2.49. The number of hydrogen-bond donors (Lipinski definition) is 2. The van der Waals surface area contributed by atoms with Gasteiger partial charge >= 0.3 is 12.1 Å². The molecule has 1 aromatic carbocycles. The number of rotatable bonds is 8. The second kappa shape index (κ2) is 12.5. The lowest BCUT2D eigenvalue weighted by molar-refractivity contribution is -0.384. The van der Waals surface area contributed by atoms with E-state index in [1.807, 2.05) is 7.05 Å². The van der Waals surface area contributed by atoms with E-state index in [0.29, 0.717) is 30.1 Å². The van der Waals surface area contributed by atoms with Crippen LogP contribution in [0.25, 0.3) is 0 Å². The topological polar surface area (TPSA) is 174 Å². The van der Waals surface area contributed by atoms with Gasteiger partial charge in [-0.3, -0.25) is 24.6 Å². The number of carboxylic acids is 1. The number of ether oxygens (including phenoxy) is 1. The number of amides is 3. The molecule has 3 fully saturated rings. The number of aliphatic hydroxyl groups is 1. The summed E-state index contributed by atoms with van der Waals surface area (Å²) in [5, 5.41) is 30.6. The fraction of sp³-hybridized carbons (Fsp3) is 0.571. The van der Waals surface area contributed by atoms with Crippen molar-refractivity contribution in [2.24, 2.45) is 5.92 Å². The molecular weight excluding hydrogens is 582 g/mol. The third-order valence-electron chi connectivity index (χ3n) is 8.52. The van der Waals surface area contributed by atoms with Gasteiger partial charge in [0.15, 0.2) is 0 Å². The Hall–Kier alpha value is -3.69. The molecular formula is C28H35N5O9S. The number of nitro benzene ring substituents is 1. The van der Waals surface area contributed by atoms with Crippen LogP contribution in [0, 0.1) is 16.0 Å². The minimum Gasteiger partial charge on any atom is -0.477 e. The van der Waals surface area contributed by atoms with Gasteiger partial charge in [-0.25, -0.2) is 9.59 Å². The summed E-state index contributed by atoms with van der Waals surface area (Å²) in [7, 11) is 1.99. The third kappa shape index (κ3) is 6.19. The van der Waals surface area contributed by atoms with Gasteiger partial charge in [0.2, 0.25) is 11.8 Å². The van der Waals surface area contributed by atoms with E-state index in [1.54, 1.807) is 4.90 Å². The molecule has 0 radical (unpaired) electrons. The number of non-ortho nitro benzene ring substituents is 1. The maximum absolute atomic E-state index is 13.8. The molecule has 0 saturated carbocycles. The van der Waals surface area contributed by atoms with Gasteiger partial charge < -0.3 is 29.6 Å². The number of fused-ring (bicyclic) bond motifs is 1. The molecule has 0 aliphatic carbocycles. The Bertz CT molecular complexity index is 1340. The molecule has 0 aromatic heterocycles. The van der Waals surface area contributed by atoms with Crippen LogP contribution in [0.3, 0.4) is 0 Å². The van der Waals surface area contributed by atoms with Crippen molar-refractivity contribution in [2.75, 3.05) is 39.8 Å². The van der Waals surface area contributed by atoms with Gasteiger partial charge in [-0.15, -0.1) is 11.8 Å². The SMILES string of the molecule is C[C@@H](O)[C@H]1C(=O)N2C(C(=O)O)=C(S[C@H]3C[C@@H](C(=O)N4CCCN(C)CC4)N(C(=O)OCc4ccc([N+](=O)[O-])cc4)C3)C[C@H]12. The van der Waals surface area contributed by atoms with Gasteiger partial charge in [-0.2, -0.15) is 0 Å². The first kappa shape index (κ1) is 30.8. The molecule has 14 nitrogen and oxygen atoms in total. The molecule has 4 aliphatic rings. The van der Waals surface area contributed by atoms with Gasteiger partial charge in [-0.05, 0) is 51.1 Å². The summed E-state index contributed by atoms with van der Waals surface area (Å²) < 4.78 is 5.54. The van der Waals surface area contributed by atoms with Crippen molar-refractivity contribution in [3.8, 4) is 0 Å². The Kier molecular flexibility index (Phi) is 8.94. The van der Waals surface area contributed by atoms with E-state index in [1.165, 1.54) is 52.8 Å². The van der Waals surface area contributed by atoms with Crippen molar-refractivity contribution in [1.82, 2.24) is 19.6 Å². The molecule has 4 aliphatic heterocycles. The van der Waals surface area contributed by atoms with Crippen LogP contribution >= 0.6 is 11.8 Å². The molecule has 1 aromatic rings. The van der Waals surface area contributed by atoms with Gasteiger partial charge in [0.05, 0.1) is 23.0 Å². The Morgan fingerprint density at radius 2 is 1.88 bits per heavy atom. The fourth-order valence-electron chi connectivity index (χ4n) is 6.28. The molecule has 4 heterocycles. The smallest absolute Gasteiger partial charge is 0.410 e. The average Bonchev–Trinajstić information content (AvgIpc) is 3.44. The van der Waals surface area contributed by atoms with Gasteiger partial charge in [0.1, 0.15) is 18.3 Å².